The quantitative estimate of drug-likeness (QED) is 0.672. The molecule has 0 aliphatic heterocycles. The minimum absolute atomic E-state index is 0.418. The van der Waals surface area contributed by atoms with Crippen LogP contribution in [0.25, 0.3) is 10.8 Å². The maximum absolute atomic E-state index is 4.50. The molecule has 1 aromatic heterocycles. The first kappa shape index (κ1) is 10.5. The van der Waals surface area contributed by atoms with Crippen molar-refractivity contribution in [1.29, 1.82) is 0 Å². The van der Waals surface area contributed by atoms with Gasteiger partial charge in [-0.05, 0) is 47.6 Å². The van der Waals surface area contributed by atoms with E-state index in [1.165, 1.54) is 41.2 Å². The van der Waals surface area contributed by atoms with Crippen LogP contribution in [0.4, 0.5) is 0 Å². The van der Waals surface area contributed by atoms with Crippen molar-refractivity contribution < 1.29 is 0 Å². The van der Waals surface area contributed by atoms with Gasteiger partial charge in [-0.3, -0.25) is 4.98 Å². The van der Waals surface area contributed by atoms with E-state index in [1.807, 2.05) is 6.20 Å². The van der Waals surface area contributed by atoms with Gasteiger partial charge in [-0.15, -0.1) is 0 Å². The zero-order chi connectivity index (χ0) is 12.3. The van der Waals surface area contributed by atoms with E-state index < -0.39 is 0 Å². The molecule has 2 aliphatic carbocycles. The Labute approximate surface area is 108 Å². The van der Waals surface area contributed by atoms with Crippen LogP contribution in [0.2, 0.25) is 0 Å². The van der Waals surface area contributed by atoms with Crippen LogP contribution in [0.1, 0.15) is 37.8 Å². The van der Waals surface area contributed by atoms with Gasteiger partial charge in [-0.25, -0.2) is 0 Å². The number of nitrogens with zero attached hydrogens (tertiary/aromatic N) is 1. The fourth-order valence-corrected chi connectivity index (χ4v) is 4.65. The van der Waals surface area contributed by atoms with Gasteiger partial charge in [0.15, 0.2) is 0 Å². The summed E-state index contributed by atoms with van der Waals surface area (Å²) in [6.07, 6.45) is 8.10. The molecule has 1 spiro atoms. The topological polar surface area (TPSA) is 12.9 Å². The van der Waals surface area contributed by atoms with Crippen LogP contribution in [-0.2, 0) is 11.8 Å². The number of hydrogen-bond acceptors (Lipinski definition) is 1. The van der Waals surface area contributed by atoms with Crippen molar-refractivity contribution in [1.82, 2.24) is 4.98 Å². The third kappa shape index (κ3) is 1.06. The SMILES string of the molecule is CC1CC(C)C12CCc1cccc3cncc2c13. The molecule has 1 nitrogen and oxygen atoms in total. The van der Waals surface area contributed by atoms with Gasteiger partial charge in [0.1, 0.15) is 0 Å². The molecule has 0 N–H and O–H groups in total. The summed E-state index contributed by atoms with van der Waals surface area (Å²) in [4.78, 5) is 4.50. The number of rotatable bonds is 0. The Morgan fingerprint density at radius 3 is 2.78 bits per heavy atom. The summed E-state index contributed by atoms with van der Waals surface area (Å²) in [6.45, 7) is 4.85. The third-order valence-electron chi connectivity index (χ3n) is 5.64. The minimum atomic E-state index is 0.418. The van der Waals surface area contributed by atoms with E-state index in [1.54, 1.807) is 0 Å². The molecule has 18 heavy (non-hydrogen) atoms. The lowest BCUT2D eigenvalue weighted by Crippen LogP contribution is -2.52. The summed E-state index contributed by atoms with van der Waals surface area (Å²) < 4.78 is 0. The molecule has 0 radical (unpaired) electrons. The molecule has 2 atom stereocenters. The summed E-state index contributed by atoms with van der Waals surface area (Å²) in [6, 6.07) is 6.68. The van der Waals surface area contributed by atoms with E-state index in [2.05, 4.69) is 43.2 Å². The first-order valence-electron chi connectivity index (χ1n) is 7.09. The highest BCUT2D eigenvalue weighted by atomic mass is 14.7. The first-order chi connectivity index (χ1) is 8.73. The average molecular weight is 237 g/mol. The number of aryl methyl sites for hydroxylation is 1. The van der Waals surface area contributed by atoms with Crippen molar-refractivity contribution in [3.63, 3.8) is 0 Å². The fourth-order valence-electron chi connectivity index (χ4n) is 4.65. The van der Waals surface area contributed by atoms with Crippen molar-refractivity contribution in [2.45, 2.75) is 38.5 Å². The molecule has 0 amide bonds. The summed E-state index contributed by atoms with van der Waals surface area (Å²) >= 11 is 0. The number of fused-ring (bicyclic) bond motifs is 1. The molecular formula is C17H19N. The Bertz CT molecular complexity index is 615. The van der Waals surface area contributed by atoms with Gasteiger partial charge in [0.2, 0.25) is 0 Å². The maximum atomic E-state index is 4.50. The highest BCUT2D eigenvalue weighted by Crippen LogP contribution is 2.59. The molecule has 1 saturated carbocycles. The summed E-state index contributed by atoms with van der Waals surface area (Å²) in [5.74, 6) is 1.63. The second kappa shape index (κ2) is 3.34. The van der Waals surface area contributed by atoms with Gasteiger partial charge in [0.25, 0.3) is 0 Å². The molecule has 2 aromatic rings. The van der Waals surface area contributed by atoms with E-state index in [4.69, 9.17) is 0 Å². The summed E-state index contributed by atoms with van der Waals surface area (Å²) in [5, 5.41) is 2.84. The van der Waals surface area contributed by atoms with E-state index in [0.717, 1.165) is 11.8 Å². The zero-order valence-corrected chi connectivity index (χ0v) is 11.1. The highest BCUT2D eigenvalue weighted by Gasteiger charge is 2.53. The van der Waals surface area contributed by atoms with Crippen molar-refractivity contribution in [3.05, 3.63) is 41.7 Å². The molecule has 1 fully saturated rings. The van der Waals surface area contributed by atoms with Crippen molar-refractivity contribution >= 4 is 10.8 Å². The zero-order valence-electron chi connectivity index (χ0n) is 11.1. The first-order valence-corrected chi connectivity index (χ1v) is 7.09. The summed E-state index contributed by atoms with van der Waals surface area (Å²) in [5.41, 5.74) is 3.48. The van der Waals surface area contributed by atoms with Crippen LogP contribution >= 0.6 is 0 Å². The Balaban J connectivity index is 2.07. The van der Waals surface area contributed by atoms with Crippen LogP contribution in [-0.4, -0.2) is 4.98 Å². The third-order valence-corrected chi connectivity index (χ3v) is 5.64. The predicted molar refractivity (Wildman–Crippen MR) is 74.7 cm³/mol. The summed E-state index contributed by atoms with van der Waals surface area (Å²) in [7, 11) is 0. The van der Waals surface area contributed by atoms with Crippen LogP contribution < -0.4 is 0 Å². The Kier molecular flexibility index (Phi) is 1.96. The lowest BCUT2D eigenvalue weighted by atomic mass is 9.47. The number of hydrogen-bond donors (Lipinski definition) is 0. The Morgan fingerprint density at radius 2 is 2.00 bits per heavy atom. The second-order valence-corrected chi connectivity index (χ2v) is 6.28. The van der Waals surface area contributed by atoms with Gasteiger partial charge in [0, 0.05) is 23.2 Å². The van der Waals surface area contributed by atoms with Crippen molar-refractivity contribution in [2.24, 2.45) is 11.8 Å². The van der Waals surface area contributed by atoms with E-state index >= 15 is 0 Å². The molecule has 4 rings (SSSR count). The normalized spacial score (nSPS) is 33.7. The Hall–Kier alpha value is -1.37. The average Bonchev–Trinajstić information content (AvgIpc) is 2.40. The van der Waals surface area contributed by atoms with E-state index in [-0.39, 0.29) is 0 Å². The van der Waals surface area contributed by atoms with E-state index in [9.17, 15) is 0 Å². The molecule has 2 unspecified atom stereocenters. The second-order valence-electron chi connectivity index (χ2n) is 6.28. The molecule has 2 aliphatic rings. The Morgan fingerprint density at radius 1 is 1.17 bits per heavy atom. The monoisotopic (exact) mass is 237 g/mol. The number of aromatic nitrogens is 1. The number of benzene rings is 1. The van der Waals surface area contributed by atoms with Crippen LogP contribution in [0, 0.1) is 11.8 Å². The van der Waals surface area contributed by atoms with Crippen molar-refractivity contribution in [3.8, 4) is 0 Å². The largest absolute Gasteiger partial charge is 0.264 e. The predicted octanol–water partition coefficient (Wildman–Crippen LogP) is 4.09. The minimum Gasteiger partial charge on any atom is -0.264 e. The van der Waals surface area contributed by atoms with Gasteiger partial charge >= 0.3 is 0 Å². The van der Waals surface area contributed by atoms with Crippen LogP contribution in [0.3, 0.4) is 0 Å². The molecule has 0 bridgehead atoms. The van der Waals surface area contributed by atoms with Crippen molar-refractivity contribution in [2.75, 3.05) is 0 Å². The maximum Gasteiger partial charge on any atom is 0.0346 e. The molecule has 0 saturated heterocycles. The fraction of sp³-hybridized carbons (Fsp3) is 0.471. The van der Waals surface area contributed by atoms with Crippen LogP contribution in [0.5, 0.6) is 0 Å². The highest BCUT2D eigenvalue weighted by molar-refractivity contribution is 5.90. The smallest absolute Gasteiger partial charge is 0.0346 e. The molecule has 1 aromatic carbocycles. The molecular weight excluding hydrogens is 218 g/mol. The van der Waals surface area contributed by atoms with Gasteiger partial charge in [-0.2, -0.15) is 0 Å². The lowest BCUT2D eigenvalue weighted by molar-refractivity contribution is 0.0410. The van der Waals surface area contributed by atoms with Gasteiger partial charge in [0.05, 0.1) is 0 Å². The molecule has 92 valence electrons. The molecule has 1 heterocycles. The number of pyridine rings is 1. The standard InChI is InChI=1S/C17H19N/c1-11-8-12(2)17(11)7-6-13-4-3-5-14-9-18-10-15(17)16(13)14/h3-5,9-12H,6-8H2,1-2H3. The van der Waals surface area contributed by atoms with Gasteiger partial charge < -0.3 is 0 Å². The van der Waals surface area contributed by atoms with E-state index in [0.29, 0.717) is 5.41 Å². The molecule has 1 heteroatoms. The lowest BCUT2D eigenvalue weighted by Gasteiger charge is -2.56. The van der Waals surface area contributed by atoms with Gasteiger partial charge in [-0.1, -0.05) is 32.0 Å². The van der Waals surface area contributed by atoms with Crippen LogP contribution in [0.15, 0.2) is 30.6 Å².